The van der Waals surface area contributed by atoms with Crippen LogP contribution in [0.1, 0.15) is 13.8 Å². The molecule has 0 heterocycles. The van der Waals surface area contributed by atoms with Gasteiger partial charge in [0.15, 0.2) is 0 Å². The van der Waals surface area contributed by atoms with Crippen LogP contribution in [0.25, 0.3) is 0 Å². The van der Waals surface area contributed by atoms with Crippen molar-refractivity contribution in [1.29, 1.82) is 0 Å². The summed E-state index contributed by atoms with van der Waals surface area (Å²) in [5, 5.41) is 2.97. The van der Waals surface area contributed by atoms with Crippen LogP contribution in [0.3, 0.4) is 0 Å². The lowest BCUT2D eigenvalue weighted by molar-refractivity contribution is 1.27. The third kappa shape index (κ3) is 5.77. The molecule has 0 amide bonds. The van der Waals surface area contributed by atoms with Crippen molar-refractivity contribution in [2.75, 3.05) is 9.80 Å². The quantitative estimate of drug-likeness (QED) is 0.150. The third-order valence-corrected chi connectivity index (χ3v) is 13.9. The van der Waals surface area contributed by atoms with Crippen LogP contribution in [0, 0.1) is 0 Å². The van der Waals surface area contributed by atoms with Crippen molar-refractivity contribution in [2.45, 2.75) is 25.9 Å². The molecule has 0 saturated carbocycles. The second-order valence-corrected chi connectivity index (χ2v) is 15.6. The zero-order chi connectivity index (χ0) is 29.5. The van der Waals surface area contributed by atoms with Gasteiger partial charge in [0.05, 0.1) is 0 Å². The normalized spacial score (nSPS) is 11.2. The maximum Gasteiger partial charge on any atom is 0.117 e. The fourth-order valence-corrected chi connectivity index (χ4v) is 10.4. The first-order valence-corrected chi connectivity index (χ1v) is 17.7. The zero-order valence-corrected chi connectivity index (χ0v) is 26.0. The minimum absolute atomic E-state index is 1.16. The number of nitrogens with zero attached hydrogens (tertiary/aromatic N) is 2. The summed E-state index contributed by atoms with van der Waals surface area (Å²) < 4.78 is 0. The van der Waals surface area contributed by atoms with Crippen LogP contribution in [0.4, 0.5) is 34.1 Å². The summed E-state index contributed by atoms with van der Waals surface area (Å²) in [6.07, 6.45) is 0. The SMILES string of the molecule is CC[Si](CC)(c1ccc(N(c2ccccc2)c2ccccc2)cc1)c1ccc(N(c2ccccc2)c2ccccc2)cc1. The van der Waals surface area contributed by atoms with Crippen LogP contribution in [0.15, 0.2) is 170 Å². The molecule has 0 aromatic heterocycles. The Balaban J connectivity index is 1.36. The van der Waals surface area contributed by atoms with Crippen molar-refractivity contribution in [3.05, 3.63) is 170 Å². The van der Waals surface area contributed by atoms with Crippen molar-refractivity contribution >= 4 is 52.6 Å². The molecule has 6 aromatic carbocycles. The van der Waals surface area contributed by atoms with Gasteiger partial charge >= 0.3 is 0 Å². The fourth-order valence-electron chi connectivity index (χ4n) is 6.29. The molecule has 0 saturated heterocycles. The summed E-state index contributed by atoms with van der Waals surface area (Å²) in [7, 11) is -1.97. The molecule has 0 atom stereocenters. The molecule has 0 aliphatic rings. The smallest absolute Gasteiger partial charge is 0.117 e. The Morgan fingerprint density at radius 1 is 0.326 bits per heavy atom. The second kappa shape index (κ2) is 13.0. The van der Waals surface area contributed by atoms with E-state index < -0.39 is 8.07 Å². The van der Waals surface area contributed by atoms with Gasteiger partial charge in [0.1, 0.15) is 8.07 Å². The molecule has 6 rings (SSSR count). The van der Waals surface area contributed by atoms with Gasteiger partial charge in [0.25, 0.3) is 0 Å². The van der Waals surface area contributed by atoms with E-state index >= 15 is 0 Å². The Morgan fingerprint density at radius 3 is 0.791 bits per heavy atom. The van der Waals surface area contributed by atoms with Crippen LogP contribution in [0.2, 0.25) is 12.1 Å². The molecule has 0 aliphatic carbocycles. The molecule has 212 valence electrons. The van der Waals surface area contributed by atoms with E-state index in [9.17, 15) is 0 Å². The molecule has 0 bridgehead atoms. The van der Waals surface area contributed by atoms with Crippen molar-refractivity contribution in [3.8, 4) is 0 Å². The third-order valence-electron chi connectivity index (χ3n) is 8.62. The van der Waals surface area contributed by atoms with E-state index in [-0.39, 0.29) is 0 Å². The highest BCUT2D eigenvalue weighted by Gasteiger charge is 2.33. The largest absolute Gasteiger partial charge is 0.311 e. The van der Waals surface area contributed by atoms with Crippen molar-refractivity contribution in [1.82, 2.24) is 0 Å². The first kappa shape index (κ1) is 28.3. The Bertz CT molecular complexity index is 1490. The lowest BCUT2D eigenvalue weighted by atomic mass is 10.2. The van der Waals surface area contributed by atoms with Crippen molar-refractivity contribution in [3.63, 3.8) is 0 Å². The average Bonchev–Trinajstić information content (AvgIpc) is 3.09. The van der Waals surface area contributed by atoms with E-state index in [1.807, 2.05) is 0 Å². The molecule has 3 heteroatoms. The summed E-state index contributed by atoms with van der Waals surface area (Å²) in [5.41, 5.74) is 6.99. The lowest BCUT2D eigenvalue weighted by Crippen LogP contribution is -2.57. The maximum absolute atomic E-state index is 2.39. The van der Waals surface area contributed by atoms with Gasteiger partial charge in [0, 0.05) is 34.1 Å². The summed E-state index contributed by atoms with van der Waals surface area (Å²) in [5.74, 6) is 0. The van der Waals surface area contributed by atoms with Crippen LogP contribution in [-0.2, 0) is 0 Å². The summed E-state index contributed by atoms with van der Waals surface area (Å²) >= 11 is 0. The number of rotatable bonds is 10. The minimum Gasteiger partial charge on any atom is -0.311 e. The molecule has 0 aliphatic heterocycles. The molecule has 0 N–H and O–H groups in total. The molecule has 6 aromatic rings. The molecule has 0 spiro atoms. The van der Waals surface area contributed by atoms with Crippen LogP contribution in [-0.4, -0.2) is 8.07 Å². The van der Waals surface area contributed by atoms with Crippen molar-refractivity contribution in [2.24, 2.45) is 0 Å². The average molecular weight is 575 g/mol. The number of hydrogen-bond acceptors (Lipinski definition) is 2. The van der Waals surface area contributed by atoms with Crippen LogP contribution >= 0.6 is 0 Å². The molecule has 0 radical (unpaired) electrons. The number of benzene rings is 6. The van der Waals surface area contributed by atoms with E-state index in [2.05, 4.69) is 194 Å². The van der Waals surface area contributed by atoms with Gasteiger partial charge < -0.3 is 9.80 Å². The molecular weight excluding hydrogens is 537 g/mol. The van der Waals surface area contributed by atoms with Gasteiger partial charge in [-0.3, -0.25) is 0 Å². The molecule has 0 fully saturated rings. The van der Waals surface area contributed by atoms with Gasteiger partial charge in [0.2, 0.25) is 0 Å². The maximum atomic E-state index is 2.39. The topological polar surface area (TPSA) is 6.48 Å². The Kier molecular flexibility index (Phi) is 8.53. The summed E-state index contributed by atoms with van der Waals surface area (Å²) in [6.45, 7) is 4.75. The van der Waals surface area contributed by atoms with Crippen molar-refractivity contribution < 1.29 is 0 Å². The Hall–Kier alpha value is -4.86. The highest BCUT2D eigenvalue weighted by atomic mass is 28.3. The lowest BCUT2D eigenvalue weighted by Gasteiger charge is -2.33. The predicted molar refractivity (Wildman–Crippen MR) is 188 cm³/mol. The van der Waals surface area contributed by atoms with Gasteiger partial charge in [-0.2, -0.15) is 0 Å². The number of para-hydroxylation sites is 4. The van der Waals surface area contributed by atoms with E-state index in [1.165, 1.54) is 21.7 Å². The second-order valence-electron chi connectivity index (χ2n) is 10.9. The van der Waals surface area contributed by atoms with Crippen LogP contribution < -0.4 is 20.2 Å². The standard InChI is InChI=1S/C40H38N2Si/c1-3-43(4-2,39-29-25-37(26-30-39)41(33-17-9-5-10-18-33)34-19-11-6-12-20-34)40-31-27-38(28-32-40)42(35-21-13-7-14-22-35)36-23-15-8-16-24-36/h5-32H,3-4H2,1-2H3. The number of hydrogen-bond donors (Lipinski definition) is 0. The first-order chi connectivity index (χ1) is 21.2. The van der Waals surface area contributed by atoms with Gasteiger partial charge in [-0.05, 0) is 72.8 Å². The molecule has 0 unspecified atom stereocenters. The first-order valence-electron chi connectivity index (χ1n) is 15.2. The zero-order valence-electron chi connectivity index (χ0n) is 25.0. The summed E-state index contributed by atoms with van der Waals surface area (Å²) in [6, 6.07) is 63.6. The van der Waals surface area contributed by atoms with E-state index in [0.717, 1.165) is 34.8 Å². The molecule has 2 nitrogen and oxygen atoms in total. The van der Waals surface area contributed by atoms with E-state index in [4.69, 9.17) is 0 Å². The van der Waals surface area contributed by atoms with E-state index in [0.29, 0.717) is 0 Å². The van der Waals surface area contributed by atoms with Gasteiger partial charge in [-0.1, -0.05) is 133 Å². The highest BCUT2D eigenvalue weighted by Crippen LogP contribution is 2.35. The Labute approximate surface area is 257 Å². The predicted octanol–water partition coefficient (Wildman–Crippen LogP) is 10.2. The van der Waals surface area contributed by atoms with Gasteiger partial charge in [-0.25, -0.2) is 0 Å². The van der Waals surface area contributed by atoms with E-state index in [1.54, 1.807) is 0 Å². The number of anilines is 6. The van der Waals surface area contributed by atoms with Gasteiger partial charge in [-0.15, -0.1) is 0 Å². The highest BCUT2D eigenvalue weighted by molar-refractivity contribution is 7.02. The minimum atomic E-state index is -1.97. The monoisotopic (exact) mass is 574 g/mol. The Morgan fingerprint density at radius 2 is 0.558 bits per heavy atom. The molecule has 43 heavy (non-hydrogen) atoms. The molecular formula is C40H38N2Si. The summed E-state index contributed by atoms with van der Waals surface area (Å²) in [4.78, 5) is 4.67. The van der Waals surface area contributed by atoms with Crippen LogP contribution in [0.5, 0.6) is 0 Å². The fraction of sp³-hybridized carbons (Fsp3) is 0.100.